The molecule has 0 aliphatic heterocycles. The van der Waals surface area contributed by atoms with Gasteiger partial charge in [0.05, 0.1) is 6.61 Å². The molecule has 2 nitrogen and oxygen atoms in total. The van der Waals surface area contributed by atoms with Crippen molar-refractivity contribution in [1.29, 1.82) is 0 Å². The minimum absolute atomic E-state index is 0. The molecule has 0 heterocycles. The molecular formula is C14H30CaO2. The normalized spacial score (nSPS) is 9.76. The molecule has 100 valence electrons. The van der Waals surface area contributed by atoms with Crippen LogP contribution in [0.5, 0.6) is 0 Å². The Morgan fingerprint density at radius 2 is 1.29 bits per heavy atom. The molecule has 0 unspecified atom stereocenters. The number of unbranched alkanes of at least 4 members (excludes halogenated alkanes) is 9. The Morgan fingerprint density at radius 3 is 1.71 bits per heavy atom. The Morgan fingerprint density at radius 1 is 0.882 bits per heavy atom. The van der Waals surface area contributed by atoms with Gasteiger partial charge < -0.3 is 7.59 Å². The summed E-state index contributed by atoms with van der Waals surface area (Å²) >= 11 is 0. The van der Waals surface area contributed by atoms with Gasteiger partial charge in [-0.3, -0.25) is 4.79 Å². The van der Waals surface area contributed by atoms with E-state index in [2.05, 4.69) is 6.92 Å². The molecule has 0 amide bonds. The van der Waals surface area contributed by atoms with Gasteiger partial charge in [-0.05, 0) is 6.42 Å². The minimum Gasteiger partial charge on any atom is -1.00 e. The maximum absolute atomic E-state index is 10.5. The van der Waals surface area contributed by atoms with E-state index in [1.165, 1.54) is 64.7 Å². The van der Waals surface area contributed by atoms with E-state index in [9.17, 15) is 4.79 Å². The van der Waals surface area contributed by atoms with E-state index in [1.54, 1.807) is 0 Å². The zero-order chi connectivity index (χ0) is 12.1. The van der Waals surface area contributed by atoms with E-state index in [-0.39, 0.29) is 46.6 Å². The monoisotopic (exact) mass is 270 g/mol. The fraction of sp³-hybridized carbons (Fsp3) is 0.929. The number of carbonyl (C=O) groups is 1. The third-order valence-corrected chi connectivity index (χ3v) is 2.80. The summed E-state index contributed by atoms with van der Waals surface area (Å²) in [4.78, 5) is 10.5. The van der Waals surface area contributed by atoms with Crippen LogP contribution in [0.1, 0.15) is 80.9 Å². The molecule has 0 aliphatic rings. The molecule has 3 heteroatoms. The van der Waals surface area contributed by atoms with E-state index in [4.69, 9.17) is 4.74 Å². The molecule has 0 aromatic carbocycles. The van der Waals surface area contributed by atoms with Gasteiger partial charge in [0, 0.05) is 6.92 Å². The smallest absolute Gasteiger partial charge is 1.00 e. The zero-order valence-electron chi connectivity index (χ0n) is 13.8. The number of rotatable bonds is 11. The van der Waals surface area contributed by atoms with Crippen LogP contribution < -0.4 is 0 Å². The van der Waals surface area contributed by atoms with Crippen molar-refractivity contribution in [1.82, 2.24) is 0 Å². The van der Waals surface area contributed by atoms with Crippen LogP contribution in [0.3, 0.4) is 0 Å². The third kappa shape index (κ3) is 19.3. The van der Waals surface area contributed by atoms with E-state index in [0.717, 1.165) is 6.42 Å². The van der Waals surface area contributed by atoms with Crippen molar-refractivity contribution in [2.75, 3.05) is 6.61 Å². The molecule has 0 spiro atoms. The Labute approximate surface area is 140 Å². The Balaban J connectivity index is -0.000000375. The quantitative estimate of drug-likeness (QED) is 0.317. The maximum Gasteiger partial charge on any atom is 2.00 e. The molecule has 0 fully saturated rings. The van der Waals surface area contributed by atoms with Gasteiger partial charge in [0.25, 0.3) is 0 Å². The summed E-state index contributed by atoms with van der Waals surface area (Å²) in [5.41, 5.74) is 0. The molecular weight excluding hydrogens is 240 g/mol. The van der Waals surface area contributed by atoms with Crippen LogP contribution in [0, 0.1) is 0 Å². The fourth-order valence-electron chi connectivity index (χ4n) is 1.81. The van der Waals surface area contributed by atoms with Crippen LogP contribution in [-0.4, -0.2) is 50.3 Å². The molecule has 0 aromatic heterocycles. The van der Waals surface area contributed by atoms with Crippen molar-refractivity contribution in [3.05, 3.63) is 0 Å². The Bertz CT molecular complexity index is 170. The van der Waals surface area contributed by atoms with Gasteiger partial charge in [-0.2, -0.15) is 0 Å². The van der Waals surface area contributed by atoms with Crippen molar-refractivity contribution in [3.8, 4) is 0 Å². The summed E-state index contributed by atoms with van der Waals surface area (Å²) in [5.74, 6) is -0.157. The van der Waals surface area contributed by atoms with Crippen molar-refractivity contribution >= 4 is 43.7 Å². The van der Waals surface area contributed by atoms with Crippen LogP contribution in [-0.2, 0) is 9.53 Å². The summed E-state index contributed by atoms with van der Waals surface area (Å²) in [6, 6.07) is 0. The molecule has 0 bridgehead atoms. The summed E-state index contributed by atoms with van der Waals surface area (Å²) in [7, 11) is 0. The standard InChI is InChI=1S/C14H28O2.Ca.2H/c1-3-4-5-6-7-8-9-10-11-12-13-16-14(2)15;;;/h3-13H2,1-2H3;;;/q;+2;2*-1. The predicted molar refractivity (Wildman–Crippen MR) is 76.5 cm³/mol. The molecule has 0 saturated heterocycles. The number of hydrogen-bond donors (Lipinski definition) is 0. The van der Waals surface area contributed by atoms with Gasteiger partial charge >= 0.3 is 43.7 Å². The first-order chi connectivity index (χ1) is 7.77. The number of ether oxygens (including phenoxy) is 1. The van der Waals surface area contributed by atoms with Gasteiger partial charge in [0.15, 0.2) is 0 Å². The molecule has 0 atom stereocenters. The van der Waals surface area contributed by atoms with Crippen molar-refractivity contribution < 1.29 is 12.4 Å². The number of carbonyl (C=O) groups excluding carboxylic acids is 1. The van der Waals surface area contributed by atoms with Gasteiger partial charge in [0.1, 0.15) is 0 Å². The average Bonchev–Trinajstić information content (AvgIpc) is 2.25. The summed E-state index contributed by atoms with van der Waals surface area (Å²) in [5, 5.41) is 0. The Hall–Kier alpha value is 0.730. The largest absolute Gasteiger partial charge is 2.00 e. The number of esters is 1. The second-order valence-corrected chi connectivity index (χ2v) is 4.52. The van der Waals surface area contributed by atoms with E-state index in [1.807, 2.05) is 0 Å². The molecule has 0 radical (unpaired) electrons. The van der Waals surface area contributed by atoms with Gasteiger partial charge in [-0.1, -0.05) is 64.7 Å². The van der Waals surface area contributed by atoms with Gasteiger partial charge in [0.2, 0.25) is 0 Å². The second kappa shape index (κ2) is 16.7. The third-order valence-electron chi connectivity index (χ3n) is 2.80. The molecule has 17 heavy (non-hydrogen) atoms. The minimum atomic E-state index is -0.157. The van der Waals surface area contributed by atoms with Gasteiger partial charge in [-0.25, -0.2) is 0 Å². The summed E-state index contributed by atoms with van der Waals surface area (Å²) < 4.78 is 4.87. The van der Waals surface area contributed by atoms with Crippen LogP contribution >= 0.6 is 0 Å². The van der Waals surface area contributed by atoms with Gasteiger partial charge in [-0.15, -0.1) is 0 Å². The van der Waals surface area contributed by atoms with Crippen LogP contribution in [0.4, 0.5) is 0 Å². The fourth-order valence-corrected chi connectivity index (χ4v) is 1.81. The maximum atomic E-state index is 10.5. The van der Waals surface area contributed by atoms with Crippen LogP contribution in [0.25, 0.3) is 0 Å². The van der Waals surface area contributed by atoms with Crippen molar-refractivity contribution in [2.45, 2.75) is 78.1 Å². The molecule has 0 rings (SSSR count). The number of hydrogen-bond acceptors (Lipinski definition) is 2. The average molecular weight is 270 g/mol. The Kier molecular flexibility index (Phi) is 19.7. The molecule has 0 aromatic rings. The molecule has 0 saturated carbocycles. The van der Waals surface area contributed by atoms with Crippen LogP contribution in [0.2, 0.25) is 0 Å². The summed E-state index contributed by atoms with van der Waals surface area (Å²) in [6.07, 6.45) is 13.1. The van der Waals surface area contributed by atoms with E-state index >= 15 is 0 Å². The van der Waals surface area contributed by atoms with E-state index in [0.29, 0.717) is 6.61 Å². The van der Waals surface area contributed by atoms with E-state index < -0.39 is 0 Å². The first-order valence-electron chi connectivity index (χ1n) is 6.90. The topological polar surface area (TPSA) is 26.3 Å². The second-order valence-electron chi connectivity index (χ2n) is 4.52. The first kappa shape index (κ1) is 20.1. The van der Waals surface area contributed by atoms with Crippen molar-refractivity contribution in [3.63, 3.8) is 0 Å². The van der Waals surface area contributed by atoms with Crippen molar-refractivity contribution in [2.24, 2.45) is 0 Å². The van der Waals surface area contributed by atoms with Crippen LogP contribution in [0.15, 0.2) is 0 Å². The SMILES string of the molecule is CCCCCCCCCCCCOC(C)=O.[Ca+2].[H-].[H-]. The predicted octanol–water partition coefficient (Wildman–Crippen LogP) is 4.31. The zero-order valence-corrected chi connectivity index (χ0v) is 14.0. The summed E-state index contributed by atoms with van der Waals surface area (Å²) in [6.45, 7) is 4.32. The first-order valence-corrected chi connectivity index (χ1v) is 6.90. The molecule has 0 N–H and O–H groups in total. The molecule has 0 aliphatic carbocycles.